The zero-order valence-electron chi connectivity index (χ0n) is 11.4. The molecule has 1 heterocycles. The van der Waals surface area contributed by atoms with Crippen LogP contribution in [-0.4, -0.2) is 39.0 Å². The zero-order chi connectivity index (χ0) is 14.8. The lowest BCUT2D eigenvalue weighted by Gasteiger charge is -2.27. The van der Waals surface area contributed by atoms with E-state index in [1.54, 1.807) is 19.2 Å². The molecule has 1 saturated heterocycles. The van der Waals surface area contributed by atoms with E-state index in [-0.39, 0.29) is 11.0 Å². The van der Waals surface area contributed by atoms with E-state index in [2.05, 4.69) is 15.9 Å². The van der Waals surface area contributed by atoms with E-state index in [4.69, 9.17) is 10.5 Å². The lowest BCUT2D eigenvalue weighted by atomic mass is 10.1. The SMILES string of the molecule is CN(CC1CCCCO1)S(=O)(=O)c1cc(N)ccc1Br. The topological polar surface area (TPSA) is 72.6 Å². The van der Waals surface area contributed by atoms with Crippen LogP contribution in [0.1, 0.15) is 19.3 Å². The molecule has 0 spiro atoms. The third-order valence-corrected chi connectivity index (χ3v) is 6.20. The molecule has 20 heavy (non-hydrogen) atoms. The average Bonchev–Trinajstić information content (AvgIpc) is 2.42. The number of ether oxygens (including phenoxy) is 1. The summed E-state index contributed by atoms with van der Waals surface area (Å²) in [7, 11) is -1.99. The second-order valence-electron chi connectivity index (χ2n) is 4.96. The van der Waals surface area contributed by atoms with Crippen LogP contribution in [0, 0.1) is 0 Å². The molecule has 1 fully saturated rings. The second kappa shape index (κ2) is 6.43. The number of nitrogen functional groups attached to an aromatic ring is 1. The molecular formula is C13H19BrN2O3S. The van der Waals surface area contributed by atoms with Crippen molar-refractivity contribution in [2.45, 2.75) is 30.3 Å². The van der Waals surface area contributed by atoms with Gasteiger partial charge in [-0.25, -0.2) is 8.42 Å². The van der Waals surface area contributed by atoms with Crippen molar-refractivity contribution in [1.29, 1.82) is 0 Å². The maximum atomic E-state index is 12.6. The Morgan fingerprint density at radius 2 is 2.20 bits per heavy atom. The first kappa shape index (κ1) is 15.8. The minimum atomic E-state index is -3.57. The van der Waals surface area contributed by atoms with Crippen LogP contribution in [0.3, 0.4) is 0 Å². The van der Waals surface area contributed by atoms with Crippen molar-refractivity contribution >= 4 is 31.6 Å². The quantitative estimate of drug-likeness (QED) is 0.833. The standard InChI is InChI=1S/C13H19BrN2O3S/c1-16(9-11-4-2-3-7-19-11)20(17,18)13-8-10(15)5-6-12(13)14/h5-6,8,11H,2-4,7,9,15H2,1H3. The number of rotatable bonds is 4. The molecule has 1 aromatic rings. The van der Waals surface area contributed by atoms with E-state index < -0.39 is 10.0 Å². The van der Waals surface area contributed by atoms with Gasteiger partial charge in [0.2, 0.25) is 10.0 Å². The number of hydrogen-bond donors (Lipinski definition) is 1. The van der Waals surface area contributed by atoms with Crippen molar-refractivity contribution in [2.24, 2.45) is 0 Å². The van der Waals surface area contributed by atoms with E-state index >= 15 is 0 Å². The number of benzene rings is 1. The predicted octanol–water partition coefficient (Wildman–Crippen LogP) is 2.22. The van der Waals surface area contributed by atoms with Crippen LogP contribution in [0.4, 0.5) is 5.69 Å². The van der Waals surface area contributed by atoms with Crippen molar-refractivity contribution in [3.8, 4) is 0 Å². The number of anilines is 1. The largest absolute Gasteiger partial charge is 0.399 e. The number of halogens is 1. The van der Waals surface area contributed by atoms with Crippen LogP contribution in [-0.2, 0) is 14.8 Å². The van der Waals surface area contributed by atoms with Gasteiger partial charge in [-0.05, 0) is 53.4 Å². The zero-order valence-corrected chi connectivity index (χ0v) is 13.8. The highest BCUT2D eigenvalue weighted by Crippen LogP contribution is 2.27. The van der Waals surface area contributed by atoms with E-state index in [9.17, 15) is 8.42 Å². The minimum absolute atomic E-state index is 0.0247. The minimum Gasteiger partial charge on any atom is -0.399 e. The van der Waals surface area contributed by atoms with Crippen molar-refractivity contribution in [1.82, 2.24) is 4.31 Å². The summed E-state index contributed by atoms with van der Waals surface area (Å²) in [5, 5.41) is 0. The fourth-order valence-corrected chi connectivity index (χ4v) is 4.38. The molecule has 1 aliphatic heterocycles. The summed E-state index contributed by atoms with van der Waals surface area (Å²) in [5.74, 6) is 0. The van der Waals surface area contributed by atoms with Gasteiger partial charge in [0, 0.05) is 30.4 Å². The molecule has 1 aliphatic rings. The van der Waals surface area contributed by atoms with Crippen molar-refractivity contribution < 1.29 is 13.2 Å². The second-order valence-corrected chi connectivity index (χ2v) is 7.83. The molecule has 1 unspecified atom stereocenters. The fourth-order valence-electron chi connectivity index (χ4n) is 2.22. The molecule has 5 nitrogen and oxygen atoms in total. The van der Waals surface area contributed by atoms with E-state index in [0.717, 1.165) is 19.3 Å². The van der Waals surface area contributed by atoms with Gasteiger partial charge in [0.15, 0.2) is 0 Å². The van der Waals surface area contributed by atoms with Gasteiger partial charge in [0.25, 0.3) is 0 Å². The first-order valence-electron chi connectivity index (χ1n) is 6.54. The summed E-state index contributed by atoms with van der Waals surface area (Å²) in [6, 6.07) is 4.78. The highest BCUT2D eigenvalue weighted by Gasteiger charge is 2.27. The Kier molecular flexibility index (Phi) is 5.06. The molecule has 0 saturated carbocycles. The van der Waals surface area contributed by atoms with Gasteiger partial charge in [-0.2, -0.15) is 4.31 Å². The monoisotopic (exact) mass is 362 g/mol. The van der Waals surface area contributed by atoms with Gasteiger partial charge in [-0.15, -0.1) is 0 Å². The van der Waals surface area contributed by atoms with Crippen molar-refractivity contribution in [3.63, 3.8) is 0 Å². The third-order valence-electron chi connectivity index (χ3n) is 3.38. The van der Waals surface area contributed by atoms with Crippen LogP contribution in [0.2, 0.25) is 0 Å². The molecule has 1 aromatic carbocycles. The number of nitrogens with two attached hydrogens (primary N) is 1. The summed E-state index contributed by atoms with van der Waals surface area (Å²) in [5.41, 5.74) is 6.11. The summed E-state index contributed by atoms with van der Waals surface area (Å²) in [4.78, 5) is 0.191. The van der Waals surface area contributed by atoms with Crippen LogP contribution in [0.25, 0.3) is 0 Å². The first-order chi connectivity index (χ1) is 9.41. The molecule has 112 valence electrons. The predicted molar refractivity (Wildman–Crippen MR) is 82.0 cm³/mol. The molecule has 0 amide bonds. The molecule has 0 aromatic heterocycles. The summed E-state index contributed by atoms with van der Waals surface area (Å²) < 4.78 is 32.6. The molecule has 7 heteroatoms. The van der Waals surface area contributed by atoms with Crippen molar-refractivity contribution in [3.05, 3.63) is 22.7 Å². The Morgan fingerprint density at radius 3 is 2.85 bits per heavy atom. The lowest BCUT2D eigenvalue weighted by Crippen LogP contribution is -2.37. The highest BCUT2D eigenvalue weighted by atomic mass is 79.9. The number of nitrogens with zero attached hydrogens (tertiary/aromatic N) is 1. The van der Waals surface area contributed by atoms with Gasteiger partial charge in [0.05, 0.1) is 11.0 Å². The molecular weight excluding hydrogens is 344 g/mol. The normalized spacial score (nSPS) is 20.2. The Balaban J connectivity index is 2.18. The fraction of sp³-hybridized carbons (Fsp3) is 0.538. The summed E-state index contributed by atoms with van der Waals surface area (Å²) in [6.45, 7) is 1.07. The molecule has 0 radical (unpaired) electrons. The molecule has 0 bridgehead atoms. The maximum absolute atomic E-state index is 12.6. The van der Waals surface area contributed by atoms with Crippen LogP contribution in [0.15, 0.2) is 27.6 Å². The Hall–Kier alpha value is -0.630. The van der Waals surface area contributed by atoms with E-state index in [0.29, 0.717) is 23.3 Å². The Morgan fingerprint density at radius 1 is 1.45 bits per heavy atom. The van der Waals surface area contributed by atoms with Gasteiger partial charge in [-0.1, -0.05) is 0 Å². The molecule has 1 atom stereocenters. The first-order valence-corrected chi connectivity index (χ1v) is 8.77. The summed E-state index contributed by atoms with van der Waals surface area (Å²) in [6.07, 6.45) is 3.01. The van der Waals surface area contributed by atoms with Gasteiger partial charge in [-0.3, -0.25) is 0 Å². The number of likely N-dealkylation sites (N-methyl/N-ethyl adjacent to an activating group) is 1. The smallest absolute Gasteiger partial charge is 0.244 e. The van der Waals surface area contributed by atoms with E-state index in [1.807, 2.05) is 0 Å². The maximum Gasteiger partial charge on any atom is 0.244 e. The van der Waals surface area contributed by atoms with E-state index in [1.165, 1.54) is 10.4 Å². The Bertz CT molecular complexity index is 571. The van der Waals surface area contributed by atoms with Crippen LogP contribution in [0.5, 0.6) is 0 Å². The molecule has 2 rings (SSSR count). The Labute approximate surface area is 128 Å². The average molecular weight is 363 g/mol. The number of sulfonamides is 1. The number of hydrogen-bond acceptors (Lipinski definition) is 4. The lowest BCUT2D eigenvalue weighted by molar-refractivity contribution is 0.00858. The van der Waals surface area contributed by atoms with Gasteiger partial charge >= 0.3 is 0 Å². The van der Waals surface area contributed by atoms with Gasteiger partial charge < -0.3 is 10.5 Å². The van der Waals surface area contributed by atoms with Crippen LogP contribution >= 0.6 is 15.9 Å². The molecule has 2 N–H and O–H groups in total. The van der Waals surface area contributed by atoms with Crippen molar-refractivity contribution in [2.75, 3.05) is 25.9 Å². The molecule has 0 aliphatic carbocycles. The highest BCUT2D eigenvalue weighted by molar-refractivity contribution is 9.10. The summed E-state index contributed by atoms with van der Waals surface area (Å²) >= 11 is 3.27. The van der Waals surface area contributed by atoms with Gasteiger partial charge in [0.1, 0.15) is 0 Å². The third kappa shape index (κ3) is 3.52. The van der Waals surface area contributed by atoms with Crippen LogP contribution < -0.4 is 5.73 Å².